The maximum absolute atomic E-state index is 12.7. The van der Waals surface area contributed by atoms with Gasteiger partial charge in [0.15, 0.2) is 0 Å². The highest BCUT2D eigenvalue weighted by molar-refractivity contribution is 7.89. The van der Waals surface area contributed by atoms with Crippen LogP contribution in [0.25, 0.3) is 0 Å². The Kier molecular flexibility index (Phi) is 3.08. The van der Waals surface area contributed by atoms with Gasteiger partial charge in [-0.1, -0.05) is 13.1 Å². The second kappa shape index (κ2) is 3.13. The maximum atomic E-state index is 12.7. The fraction of sp³-hybridized carbons (Fsp3) is 1.00. The van der Waals surface area contributed by atoms with Gasteiger partial charge in [-0.15, -0.1) is 0 Å². The molecule has 0 aromatic rings. The van der Waals surface area contributed by atoms with E-state index in [4.69, 9.17) is 4.55 Å². The quantitative estimate of drug-likeness (QED) is 0.467. The third kappa shape index (κ3) is 1.91. The summed E-state index contributed by atoms with van der Waals surface area (Å²) in [5.41, 5.74) is 0. The maximum Gasteiger partial charge on any atom is 0.369 e. The standard InChI is InChI=1S/C4H7F5O3SSi/c1-14(2,3(5,6)7)4(8,9)13(10,11)12/h1-2H3,(H,10,11,12). The van der Waals surface area contributed by atoms with Crippen molar-refractivity contribution >= 4 is 18.2 Å². The van der Waals surface area contributed by atoms with Gasteiger partial charge in [0.1, 0.15) is 0 Å². The molecule has 0 rings (SSSR count). The molecule has 0 amide bonds. The van der Waals surface area contributed by atoms with Gasteiger partial charge in [-0.2, -0.15) is 30.4 Å². The van der Waals surface area contributed by atoms with Crippen LogP contribution in [0.2, 0.25) is 13.1 Å². The molecule has 0 aliphatic heterocycles. The van der Waals surface area contributed by atoms with Crippen LogP contribution in [0.3, 0.4) is 0 Å². The van der Waals surface area contributed by atoms with E-state index in [1.165, 1.54) is 0 Å². The smallest absolute Gasteiger partial charge is 0.281 e. The van der Waals surface area contributed by atoms with Gasteiger partial charge >= 0.3 is 20.8 Å². The lowest BCUT2D eigenvalue weighted by Crippen LogP contribution is -2.62. The molecular weight excluding hydrogens is 251 g/mol. The third-order valence-corrected chi connectivity index (χ3v) is 7.59. The number of hydrogen-bond donors (Lipinski definition) is 1. The van der Waals surface area contributed by atoms with Crippen LogP contribution in [-0.2, 0) is 10.1 Å². The van der Waals surface area contributed by atoms with E-state index in [9.17, 15) is 30.4 Å². The highest BCUT2D eigenvalue weighted by Gasteiger charge is 2.71. The Labute approximate surface area is 77.7 Å². The van der Waals surface area contributed by atoms with Gasteiger partial charge < -0.3 is 0 Å². The lowest BCUT2D eigenvalue weighted by molar-refractivity contribution is -0.0671. The molecule has 1 N–H and O–H groups in total. The average Bonchev–Trinajstić information content (AvgIpc) is 1.81. The van der Waals surface area contributed by atoms with Crippen LogP contribution >= 0.6 is 0 Å². The molecule has 0 aromatic carbocycles. The summed E-state index contributed by atoms with van der Waals surface area (Å²) in [6, 6.07) is 0. The van der Waals surface area contributed by atoms with E-state index in [2.05, 4.69) is 0 Å². The van der Waals surface area contributed by atoms with E-state index < -0.39 is 28.9 Å². The largest absolute Gasteiger partial charge is 0.369 e. The van der Waals surface area contributed by atoms with Gasteiger partial charge in [-0.05, 0) is 0 Å². The van der Waals surface area contributed by atoms with E-state index in [0.29, 0.717) is 0 Å². The minimum atomic E-state index is -6.03. The van der Waals surface area contributed by atoms with Crippen molar-refractivity contribution in [3.8, 4) is 0 Å². The van der Waals surface area contributed by atoms with Crippen LogP contribution < -0.4 is 0 Å². The van der Waals surface area contributed by atoms with Gasteiger partial charge in [0.2, 0.25) is 0 Å². The van der Waals surface area contributed by atoms with Crippen molar-refractivity contribution in [3.05, 3.63) is 0 Å². The first-order chi connectivity index (χ1) is 5.75. The lowest BCUT2D eigenvalue weighted by Gasteiger charge is -2.30. The number of alkyl halides is 5. The van der Waals surface area contributed by atoms with Crippen molar-refractivity contribution in [2.24, 2.45) is 0 Å². The van der Waals surface area contributed by atoms with E-state index in [1.54, 1.807) is 0 Å². The fourth-order valence-corrected chi connectivity index (χ4v) is 3.74. The average molecular weight is 258 g/mol. The molecule has 0 radical (unpaired) electrons. The zero-order valence-electron chi connectivity index (χ0n) is 7.06. The molecule has 0 bridgehead atoms. The van der Waals surface area contributed by atoms with E-state index in [-0.39, 0.29) is 13.1 Å². The minimum Gasteiger partial charge on any atom is -0.281 e. The molecule has 0 atom stereocenters. The molecule has 86 valence electrons. The lowest BCUT2D eigenvalue weighted by atomic mass is 11.5. The van der Waals surface area contributed by atoms with E-state index >= 15 is 0 Å². The molecule has 0 aromatic heterocycles. The Balaban J connectivity index is 5.54. The van der Waals surface area contributed by atoms with Gasteiger partial charge in [0.05, 0.1) is 0 Å². The van der Waals surface area contributed by atoms with Crippen molar-refractivity contribution in [3.63, 3.8) is 0 Å². The van der Waals surface area contributed by atoms with Gasteiger partial charge in [-0.3, -0.25) is 4.55 Å². The summed E-state index contributed by atoms with van der Waals surface area (Å²) in [5.74, 6) is -5.31. The summed E-state index contributed by atoms with van der Waals surface area (Å²) < 4.78 is 89.8. The van der Waals surface area contributed by atoms with Gasteiger partial charge in [0.25, 0.3) is 8.07 Å². The summed E-state index contributed by atoms with van der Waals surface area (Å²) in [5, 5.41) is 0. The normalized spacial score (nSPS) is 15.7. The molecular formula is C4H7F5O3SSi. The predicted octanol–water partition coefficient (Wildman–Crippen LogP) is 1.82. The molecule has 10 heteroatoms. The predicted molar refractivity (Wildman–Crippen MR) is 40.0 cm³/mol. The van der Waals surface area contributed by atoms with Crippen molar-refractivity contribution in [1.82, 2.24) is 0 Å². The Morgan fingerprint density at radius 1 is 1.07 bits per heavy atom. The Morgan fingerprint density at radius 2 is 1.36 bits per heavy atom. The molecule has 14 heavy (non-hydrogen) atoms. The van der Waals surface area contributed by atoms with Crippen LogP contribution in [0.15, 0.2) is 0 Å². The molecule has 0 fully saturated rings. The zero-order chi connectivity index (χ0) is 12.0. The number of rotatable bonds is 2. The monoisotopic (exact) mass is 258 g/mol. The van der Waals surface area contributed by atoms with Gasteiger partial charge in [-0.25, -0.2) is 0 Å². The Hall–Kier alpha value is -0.223. The summed E-state index contributed by atoms with van der Waals surface area (Å²) in [6.45, 7) is 0.252. The number of hydrogen-bond acceptors (Lipinski definition) is 2. The molecule has 3 nitrogen and oxygen atoms in total. The van der Waals surface area contributed by atoms with Crippen molar-refractivity contribution < 1.29 is 34.9 Å². The molecule has 0 aliphatic carbocycles. The summed E-state index contributed by atoms with van der Waals surface area (Å²) in [4.78, 5) is -5.14. The third-order valence-electron chi connectivity index (χ3n) is 1.76. The van der Waals surface area contributed by atoms with Crippen molar-refractivity contribution in [2.45, 2.75) is 23.8 Å². The second-order valence-electron chi connectivity index (χ2n) is 3.11. The zero-order valence-corrected chi connectivity index (χ0v) is 8.88. The van der Waals surface area contributed by atoms with Crippen LogP contribution in [0.5, 0.6) is 0 Å². The van der Waals surface area contributed by atoms with Gasteiger partial charge in [0, 0.05) is 0 Å². The molecule has 0 aliphatic rings. The van der Waals surface area contributed by atoms with E-state index in [0.717, 1.165) is 0 Å². The first-order valence-electron chi connectivity index (χ1n) is 3.16. The first-order valence-corrected chi connectivity index (χ1v) is 7.61. The SMILES string of the molecule is C[Si](C)(C(F)(F)F)C(F)(F)S(=O)(=O)O. The minimum absolute atomic E-state index is 0.126. The number of halogens is 5. The van der Waals surface area contributed by atoms with Crippen LogP contribution in [-0.4, -0.2) is 31.7 Å². The first kappa shape index (κ1) is 13.8. The molecule has 0 heterocycles. The molecule has 0 saturated heterocycles. The van der Waals surface area contributed by atoms with Crippen molar-refractivity contribution in [1.29, 1.82) is 0 Å². The van der Waals surface area contributed by atoms with Crippen LogP contribution in [0.1, 0.15) is 0 Å². The molecule has 0 spiro atoms. The molecule has 0 unspecified atom stereocenters. The summed E-state index contributed by atoms with van der Waals surface area (Å²) >= 11 is 0. The fourth-order valence-electron chi connectivity index (χ4n) is 0.487. The summed E-state index contributed by atoms with van der Waals surface area (Å²) in [6.07, 6.45) is 0. The Bertz CT molecular complexity index is 318. The summed E-state index contributed by atoms with van der Waals surface area (Å²) in [7, 11) is -11.5. The van der Waals surface area contributed by atoms with Crippen LogP contribution in [0, 0.1) is 0 Å². The topological polar surface area (TPSA) is 54.4 Å². The van der Waals surface area contributed by atoms with Crippen molar-refractivity contribution in [2.75, 3.05) is 0 Å². The highest BCUT2D eigenvalue weighted by Crippen LogP contribution is 2.42. The second-order valence-corrected chi connectivity index (χ2v) is 9.38. The highest BCUT2D eigenvalue weighted by atomic mass is 32.2. The van der Waals surface area contributed by atoms with E-state index in [1.807, 2.05) is 0 Å². The van der Waals surface area contributed by atoms with Crippen LogP contribution in [0.4, 0.5) is 22.0 Å². The molecule has 0 saturated carbocycles. The Morgan fingerprint density at radius 3 is 1.43 bits per heavy atom.